The Morgan fingerprint density at radius 2 is 1.79 bits per heavy atom. The number of hydrogen-bond acceptors (Lipinski definition) is 5. The van der Waals surface area contributed by atoms with E-state index in [2.05, 4.69) is 50.8 Å². The summed E-state index contributed by atoms with van der Waals surface area (Å²) in [5, 5.41) is 11.7. The van der Waals surface area contributed by atoms with Gasteiger partial charge >= 0.3 is 0 Å². The molecule has 4 aromatic rings. The van der Waals surface area contributed by atoms with Crippen molar-refractivity contribution in [2.75, 3.05) is 45.2 Å². The van der Waals surface area contributed by atoms with E-state index >= 15 is 0 Å². The Hall–Kier alpha value is -3.89. The molecule has 200 valence electrons. The topological polar surface area (TPSA) is 68.4 Å². The molecule has 6 rings (SSSR count). The molecule has 2 aliphatic rings. The summed E-state index contributed by atoms with van der Waals surface area (Å²) >= 11 is 0. The first-order valence-electron chi connectivity index (χ1n) is 14.0. The minimum Gasteiger partial charge on any atom is -0.367 e. The number of rotatable bonds is 4. The number of piperazine rings is 1. The van der Waals surface area contributed by atoms with Gasteiger partial charge in [0.2, 0.25) is 0 Å². The molecule has 3 heterocycles. The van der Waals surface area contributed by atoms with Gasteiger partial charge in [0.15, 0.2) is 0 Å². The highest BCUT2D eigenvalue weighted by Gasteiger charge is 2.31. The zero-order chi connectivity index (χ0) is 27.1. The number of aromatic nitrogens is 2. The van der Waals surface area contributed by atoms with Gasteiger partial charge in [-0.15, -0.1) is 0 Å². The summed E-state index contributed by atoms with van der Waals surface area (Å²) in [6, 6.07) is 16.9. The lowest BCUT2D eigenvalue weighted by Crippen LogP contribution is -2.51. The summed E-state index contributed by atoms with van der Waals surface area (Å²) in [7, 11) is 5.70. The summed E-state index contributed by atoms with van der Waals surface area (Å²) in [6.07, 6.45) is 8.90. The Bertz CT molecular complexity index is 1570. The highest BCUT2D eigenvalue weighted by Crippen LogP contribution is 2.39. The van der Waals surface area contributed by atoms with E-state index in [-0.39, 0.29) is 5.91 Å². The lowest BCUT2D eigenvalue weighted by molar-refractivity contribution is 0.0827. The van der Waals surface area contributed by atoms with Crippen molar-refractivity contribution in [3.8, 4) is 6.07 Å². The summed E-state index contributed by atoms with van der Waals surface area (Å²) in [5.74, 6) is 0.571. The molecule has 1 saturated carbocycles. The molecule has 0 radical (unpaired) electrons. The number of carbonyl (C=O) groups is 1. The molecule has 0 spiro atoms. The Labute approximate surface area is 230 Å². The number of pyridine rings is 1. The molecule has 7 heteroatoms. The first-order valence-corrected chi connectivity index (χ1v) is 14.0. The molecular weight excluding hydrogens is 484 g/mol. The van der Waals surface area contributed by atoms with E-state index in [1.165, 1.54) is 42.1 Å². The van der Waals surface area contributed by atoms with Crippen molar-refractivity contribution >= 4 is 33.4 Å². The van der Waals surface area contributed by atoms with Gasteiger partial charge in [-0.25, -0.2) is 0 Å². The molecule has 0 unspecified atom stereocenters. The lowest BCUT2D eigenvalue weighted by Gasteiger charge is -2.43. The third-order valence-electron chi connectivity index (χ3n) is 8.80. The van der Waals surface area contributed by atoms with E-state index < -0.39 is 0 Å². The fraction of sp³-hybridized carbons (Fsp3) is 0.406. The maximum Gasteiger partial charge on any atom is 0.253 e. The minimum atomic E-state index is 0.0208. The second kappa shape index (κ2) is 10.3. The predicted molar refractivity (Wildman–Crippen MR) is 156 cm³/mol. The second-order valence-corrected chi connectivity index (χ2v) is 11.3. The van der Waals surface area contributed by atoms with Crippen LogP contribution in [0.2, 0.25) is 0 Å². The Balaban J connectivity index is 1.13. The van der Waals surface area contributed by atoms with E-state index in [0.717, 1.165) is 48.3 Å². The number of amides is 1. The third-order valence-corrected chi connectivity index (χ3v) is 8.80. The molecule has 2 aromatic carbocycles. The van der Waals surface area contributed by atoms with E-state index in [0.29, 0.717) is 17.5 Å². The van der Waals surface area contributed by atoms with Crippen LogP contribution < -0.4 is 4.90 Å². The van der Waals surface area contributed by atoms with Gasteiger partial charge in [-0.3, -0.25) is 14.7 Å². The van der Waals surface area contributed by atoms with Crippen LogP contribution in [0.4, 0.5) is 5.69 Å². The zero-order valence-corrected chi connectivity index (χ0v) is 23.1. The van der Waals surface area contributed by atoms with Crippen molar-refractivity contribution < 1.29 is 4.79 Å². The molecule has 39 heavy (non-hydrogen) atoms. The summed E-state index contributed by atoms with van der Waals surface area (Å²) in [6.45, 7) is 3.92. The molecule has 2 aromatic heterocycles. The highest BCUT2D eigenvalue weighted by atomic mass is 16.2. The van der Waals surface area contributed by atoms with Crippen molar-refractivity contribution in [2.24, 2.45) is 7.05 Å². The van der Waals surface area contributed by atoms with Crippen LogP contribution in [0, 0.1) is 11.3 Å². The molecule has 0 N–H and O–H groups in total. The van der Waals surface area contributed by atoms with Gasteiger partial charge in [0.1, 0.15) is 0 Å². The van der Waals surface area contributed by atoms with Gasteiger partial charge < -0.3 is 14.4 Å². The van der Waals surface area contributed by atoms with Gasteiger partial charge in [0.05, 0.1) is 22.8 Å². The molecule has 1 saturated heterocycles. The lowest BCUT2D eigenvalue weighted by atomic mass is 9.81. The number of benzene rings is 2. The van der Waals surface area contributed by atoms with Crippen molar-refractivity contribution in [3.63, 3.8) is 0 Å². The van der Waals surface area contributed by atoms with Crippen LogP contribution in [0.5, 0.6) is 0 Å². The smallest absolute Gasteiger partial charge is 0.253 e. The van der Waals surface area contributed by atoms with Crippen molar-refractivity contribution in [2.45, 2.75) is 37.6 Å². The molecule has 1 aliphatic carbocycles. The fourth-order valence-electron chi connectivity index (χ4n) is 6.69. The maximum absolute atomic E-state index is 12.8. The first-order chi connectivity index (χ1) is 18.9. The molecule has 1 amide bonds. The van der Waals surface area contributed by atoms with Gasteiger partial charge in [0, 0.05) is 87.6 Å². The predicted octanol–water partition coefficient (Wildman–Crippen LogP) is 5.15. The molecule has 7 nitrogen and oxygen atoms in total. The van der Waals surface area contributed by atoms with Crippen LogP contribution in [0.25, 0.3) is 21.8 Å². The standard InChI is InChI=1S/C32H36N6O/c1-35(2)32(39)25-18-24-5-4-12-34-31(24)30(19-25)38-15-13-37(14-16-38)26-9-7-23(8-10-26)28-21-36(3)29-11-6-22(20-33)17-27(28)29/h4-6,11-12,17-19,21,23,26H,7-10,13-16H2,1-3H3/t23-,26+. The summed E-state index contributed by atoms with van der Waals surface area (Å²) < 4.78 is 2.21. The number of aryl methyl sites for hydroxylation is 1. The number of nitrogens with zero attached hydrogens (tertiary/aromatic N) is 6. The Morgan fingerprint density at radius 1 is 1.03 bits per heavy atom. The maximum atomic E-state index is 12.8. The van der Waals surface area contributed by atoms with E-state index in [4.69, 9.17) is 0 Å². The quantitative estimate of drug-likeness (QED) is 0.372. The van der Waals surface area contributed by atoms with Crippen LogP contribution in [-0.4, -0.2) is 71.6 Å². The second-order valence-electron chi connectivity index (χ2n) is 11.3. The number of anilines is 1. The Morgan fingerprint density at radius 3 is 2.51 bits per heavy atom. The van der Waals surface area contributed by atoms with E-state index in [9.17, 15) is 10.1 Å². The van der Waals surface area contributed by atoms with Crippen LogP contribution in [-0.2, 0) is 7.05 Å². The van der Waals surface area contributed by atoms with Crippen LogP contribution in [0.3, 0.4) is 0 Å². The average Bonchev–Trinajstić information content (AvgIpc) is 3.31. The largest absolute Gasteiger partial charge is 0.367 e. The van der Waals surface area contributed by atoms with E-state index in [1.54, 1.807) is 19.0 Å². The fourth-order valence-corrected chi connectivity index (χ4v) is 6.69. The summed E-state index contributed by atoms with van der Waals surface area (Å²) in [5.41, 5.74) is 6.10. The molecule has 0 atom stereocenters. The average molecular weight is 521 g/mol. The number of carbonyl (C=O) groups excluding carboxylic acids is 1. The molecule has 2 fully saturated rings. The van der Waals surface area contributed by atoms with Gasteiger partial charge in [-0.2, -0.15) is 5.26 Å². The van der Waals surface area contributed by atoms with Crippen molar-refractivity contribution in [1.82, 2.24) is 19.4 Å². The first kappa shape index (κ1) is 25.4. The molecular formula is C32H36N6O. The number of fused-ring (bicyclic) bond motifs is 2. The Kier molecular flexibility index (Phi) is 6.74. The minimum absolute atomic E-state index is 0.0208. The van der Waals surface area contributed by atoms with Crippen LogP contribution in [0.1, 0.15) is 53.1 Å². The van der Waals surface area contributed by atoms with E-state index in [1.807, 2.05) is 36.5 Å². The normalized spacial score (nSPS) is 20.3. The van der Waals surface area contributed by atoms with Crippen LogP contribution in [0.15, 0.2) is 54.9 Å². The zero-order valence-electron chi connectivity index (χ0n) is 23.1. The molecule has 1 aliphatic heterocycles. The highest BCUT2D eigenvalue weighted by molar-refractivity contribution is 6.02. The van der Waals surface area contributed by atoms with Crippen LogP contribution >= 0.6 is 0 Å². The van der Waals surface area contributed by atoms with Crippen molar-refractivity contribution in [1.29, 1.82) is 5.26 Å². The molecule has 0 bridgehead atoms. The van der Waals surface area contributed by atoms with Gasteiger partial charge in [0.25, 0.3) is 5.91 Å². The number of hydrogen-bond donors (Lipinski definition) is 0. The summed E-state index contributed by atoms with van der Waals surface area (Å²) in [4.78, 5) is 24.2. The van der Waals surface area contributed by atoms with Crippen molar-refractivity contribution in [3.05, 3.63) is 71.5 Å². The van der Waals surface area contributed by atoms with Gasteiger partial charge in [-0.05, 0) is 73.6 Å². The van der Waals surface area contributed by atoms with Gasteiger partial charge in [-0.1, -0.05) is 6.07 Å². The number of nitriles is 1. The third kappa shape index (κ3) is 4.74. The SMILES string of the molecule is CN(C)C(=O)c1cc(N2CCN([C@H]3CC[C@@H](c4cn(C)c5ccc(C#N)cc54)CC3)CC2)c2ncccc2c1. The monoisotopic (exact) mass is 520 g/mol.